The van der Waals surface area contributed by atoms with Gasteiger partial charge >= 0.3 is 0 Å². The Labute approximate surface area is 148 Å². The molecule has 0 atom stereocenters. The molecule has 0 aliphatic carbocycles. The van der Waals surface area contributed by atoms with Gasteiger partial charge < -0.3 is 10.1 Å². The van der Waals surface area contributed by atoms with Crippen LogP contribution in [0.2, 0.25) is 0 Å². The largest absolute Gasteiger partial charge is 0.494 e. The van der Waals surface area contributed by atoms with Crippen molar-refractivity contribution < 1.29 is 17.9 Å². The number of hydrogen-bond acceptors (Lipinski definition) is 4. The minimum absolute atomic E-state index is 0.143. The average Bonchev–Trinajstić information content (AvgIpc) is 2.57. The van der Waals surface area contributed by atoms with Crippen LogP contribution < -0.4 is 14.8 Å². The lowest BCUT2D eigenvalue weighted by Crippen LogP contribution is -2.32. The molecule has 0 spiro atoms. The number of sulfonamides is 1. The Morgan fingerprint density at radius 2 is 1.72 bits per heavy atom. The van der Waals surface area contributed by atoms with Crippen LogP contribution in [0.5, 0.6) is 5.75 Å². The highest BCUT2D eigenvalue weighted by Gasteiger charge is 2.16. The number of benzene rings is 2. The maximum Gasteiger partial charge on any atom is 0.241 e. The molecule has 2 aromatic rings. The van der Waals surface area contributed by atoms with Crippen molar-refractivity contribution in [1.29, 1.82) is 0 Å². The second-order valence-corrected chi connectivity index (χ2v) is 7.34. The molecule has 0 aliphatic rings. The zero-order valence-corrected chi connectivity index (χ0v) is 15.3. The molecule has 0 fully saturated rings. The highest BCUT2D eigenvalue weighted by Crippen LogP contribution is 2.16. The molecule has 1 amide bonds. The summed E-state index contributed by atoms with van der Waals surface area (Å²) in [4.78, 5) is 12.1. The van der Waals surface area contributed by atoms with Gasteiger partial charge in [-0.1, -0.05) is 6.07 Å². The fraction of sp³-hybridized carbons (Fsp3) is 0.278. The van der Waals surface area contributed by atoms with Crippen LogP contribution in [0.25, 0.3) is 0 Å². The molecule has 0 heterocycles. The predicted molar refractivity (Wildman–Crippen MR) is 97.3 cm³/mol. The molecule has 0 radical (unpaired) electrons. The summed E-state index contributed by atoms with van der Waals surface area (Å²) in [5, 5.41) is 2.63. The Kier molecular flexibility index (Phi) is 6.17. The second kappa shape index (κ2) is 8.13. The lowest BCUT2D eigenvalue weighted by atomic mass is 10.1. The van der Waals surface area contributed by atoms with Crippen LogP contribution in [0.1, 0.15) is 18.1 Å². The Balaban J connectivity index is 1.95. The molecule has 0 aromatic heterocycles. The van der Waals surface area contributed by atoms with Gasteiger partial charge in [0.15, 0.2) is 0 Å². The summed E-state index contributed by atoms with van der Waals surface area (Å²) in [6.07, 6.45) is 0. The molecule has 6 nitrogen and oxygen atoms in total. The van der Waals surface area contributed by atoms with Crippen LogP contribution in [-0.4, -0.2) is 27.5 Å². The number of aryl methyl sites for hydroxylation is 2. The van der Waals surface area contributed by atoms with E-state index in [1.54, 1.807) is 36.4 Å². The molecule has 0 aliphatic heterocycles. The molecule has 0 saturated heterocycles. The van der Waals surface area contributed by atoms with Crippen molar-refractivity contribution in [2.75, 3.05) is 18.5 Å². The van der Waals surface area contributed by atoms with Crippen LogP contribution >= 0.6 is 0 Å². The summed E-state index contributed by atoms with van der Waals surface area (Å²) in [7, 11) is -3.73. The number of hydrogen-bond donors (Lipinski definition) is 2. The fourth-order valence-electron chi connectivity index (χ4n) is 2.13. The molecule has 2 aromatic carbocycles. The quantitative estimate of drug-likeness (QED) is 0.793. The van der Waals surface area contributed by atoms with Crippen LogP contribution in [0.4, 0.5) is 5.69 Å². The number of carbonyl (C=O) groups excluding carboxylic acids is 1. The molecule has 2 rings (SSSR count). The fourth-order valence-corrected chi connectivity index (χ4v) is 3.20. The van der Waals surface area contributed by atoms with Gasteiger partial charge in [-0.05, 0) is 68.3 Å². The Morgan fingerprint density at radius 3 is 2.32 bits per heavy atom. The minimum atomic E-state index is -3.73. The van der Waals surface area contributed by atoms with Crippen molar-refractivity contribution in [2.45, 2.75) is 25.7 Å². The highest BCUT2D eigenvalue weighted by atomic mass is 32.2. The SMILES string of the molecule is CCOc1ccc(NC(=O)CNS(=O)(=O)c2ccc(C)c(C)c2)cc1. The van der Waals surface area contributed by atoms with Gasteiger partial charge in [-0.2, -0.15) is 0 Å². The molecule has 7 heteroatoms. The van der Waals surface area contributed by atoms with Crippen LogP contribution in [0.3, 0.4) is 0 Å². The first-order chi connectivity index (χ1) is 11.8. The summed E-state index contributed by atoms with van der Waals surface area (Å²) in [6.45, 7) is 5.85. The van der Waals surface area contributed by atoms with Gasteiger partial charge in [0.2, 0.25) is 15.9 Å². The first kappa shape index (κ1) is 19.0. The minimum Gasteiger partial charge on any atom is -0.494 e. The maximum absolute atomic E-state index is 12.3. The van der Waals surface area contributed by atoms with Gasteiger partial charge in [0, 0.05) is 5.69 Å². The van der Waals surface area contributed by atoms with Crippen molar-refractivity contribution >= 4 is 21.6 Å². The van der Waals surface area contributed by atoms with E-state index >= 15 is 0 Å². The third kappa shape index (κ3) is 5.30. The Morgan fingerprint density at radius 1 is 1.04 bits per heavy atom. The number of carbonyl (C=O) groups is 1. The second-order valence-electron chi connectivity index (χ2n) is 5.58. The average molecular weight is 362 g/mol. The normalized spacial score (nSPS) is 11.2. The van der Waals surface area contributed by atoms with Gasteiger partial charge in [-0.25, -0.2) is 13.1 Å². The first-order valence-corrected chi connectivity index (χ1v) is 9.40. The van der Waals surface area contributed by atoms with E-state index in [1.807, 2.05) is 20.8 Å². The molecular formula is C18H22N2O4S. The highest BCUT2D eigenvalue weighted by molar-refractivity contribution is 7.89. The van der Waals surface area contributed by atoms with E-state index in [2.05, 4.69) is 10.0 Å². The third-order valence-electron chi connectivity index (χ3n) is 3.66. The van der Waals surface area contributed by atoms with E-state index in [9.17, 15) is 13.2 Å². The summed E-state index contributed by atoms with van der Waals surface area (Å²) < 4.78 is 32.2. The van der Waals surface area contributed by atoms with Gasteiger partial charge in [-0.3, -0.25) is 4.79 Å². The van der Waals surface area contributed by atoms with E-state index < -0.39 is 15.9 Å². The summed E-state index contributed by atoms with van der Waals surface area (Å²) in [5.41, 5.74) is 2.45. The topological polar surface area (TPSA) is 84.5 Å². The van der Waals surface area contributed by atoms with Crippen LogP contribution in [0.15, 0.2) is 47.4 Å². The Hall–Kier alpha value is -2.38. The third-order valence-corrected chi connectivity index (χ3v) is 5.06. The van der Waals surface area contributed by atoms with Gasteiger partial charge in [0.25, 0.3) is 0 Å². The van der Waals surface area contributed by atoms with Gasteiger partial charge in [-0.15, -0.1) is 0 Å². The molecule has 0 saturated carbocycles. The zero-order valence-electron chi connectivity index (χ0n) is 14.5. The molecule has 0 unspecified atom stereocenters. The van der Waals surface area contributed by atoms with Crippen molar-refractivity contribution in [3.05, 3.63) is 53.6 Å². The first-order valence-electron chi connectivity index (χ1n) is 7.91. The zero-order chi connectivity index (χ0) is 18.4. The number of nitrogens with one attached hydrogen (secondary N) is 2. The monoisotopic (exact) mass is 362 g/mol. The molecule has 25 heavy (non-hydrogen) atoms. The predicted octanol–water partition coefficient (Wildman–Crippen LogP) is 2.62. The van der Waals surface area contributed by atoms with Gasteiger partial charge in [0.05, 0.1) is 18.0 Å². The van der Waals surface area contributed by atoms with Crippen LogP contribution in [-0.2, 0) is 14.8 Å². The number of anilines is 1. The van der Waals surface area contributed by atoms with Crippen LogP contribution in [0, 0.1) is 13.8 Å². The molecular weight excluding hydrogens is 340 g/mol. The van der Waals surface area contributed by atoms with Crippen molar-refractivity contribution in [2.24, 2.45) is 0 Å². The van der Waals surface area contributed by atoms with Gasteiger partial charge in [0.1, 0.15) is 5.75 Å². The van der Waals surface area contributed by atoms with Crippen molar-refractivity contribution in [3.8, 4) is 5.75 Å². The lowest BCUT2D eigenvalue weighted by molar-refractivity contribution is -0.115. The Bertz CT molecular complexity index is 846. The molecule has 2 N–H and O–H groups in total. The molecule has 0 bridgehead atoms. The standard InChI is InChI=1S/C18H22N2O4S/c1-4-24-16-8-6-15(7-9-16)20-18(21)12-19-25(22,23)17-10-5-13(2)14(3)11-17/h5-11,19H,4,12H2,1-3H3,(H,20,21). The van der Waals surface area contributed by atoms with E-state index in [0.717, 1.165) is 11.1 Å². The van der Waals surface area contributed by atoms with Crippen molar-refractivity contribution in [1.82, 2.24) is 4.72 Å². The van der Waals surface area contributed by atoms with E-state index in [1.165, 1.54) is 6.07 Å². The number of ether oxygens (including phenoxy) is 1. The van der Waals surface area contributed by atoms with E-state index in [0.29, 0.717) is 18.0 Å². The number of rotatable bonds is 7. The lowest BCUT2D eigenvalue weighted by Gasteiger charge is -2.10. The van der Waals surface area contributed by atoms with E-state index in [4.69, 9.17) is 4.74 Å². The summed E-state index contributed by atoms with van der Waals surface area (Å²) in [5.74, 6) is 0.257. The summed E-state index contributed by atoms with van der Waals surface area (Å²) in [6, 6.07) is 11.7. The van der Waals surface area contributed by atoms with E-state index in [-0.39, 0.29) is 11.4 Å². The number of amides is 1. The molecule has 134 valence electrons. The smallest absolute Gasteiger partial charge is 0.241 e. The summed E-state index contributed by atoms with van der Waals surface area (Å²) >= 11 is 0. The maximum atomic E-state index is 12.3. The van der Waals surface area contributed by atoms with Crippen molar-refractivity contribution in [3.63, 3.8) is 0 Å².